The molecule has 0 aliphatic rings. The summed E-state index contributed by atoms with van der Waals surface area (Å²) in [5, 5.41) is 0. The van der Waals surface area contributed by atoms with Gasteiger partial charge in [-0.05, 0) is 46.2 Å². The Morgan fingerprint density at radius 1 is 1.17 bits per heavy atom. The highest BCUT2D eigenvalue weighted by atomic mass is 16.6. The fourth-order valence-corrected chi connectivity index (χ4v) is 1.98. The molecule has 0 radical (unpaired) electrons. The summed E-state index contributed by atoms with van der Waals surface area (Å²) >= 11 is 0. The van der Waals surface area contributed by atoms with E-state index in [4.69, 9.17) is 14.2 Å². The van der Waals surface area contributed by atoms with Gasteiger partial charge in [0.2, 0.25) is 0 Å². The average Bonchev–Trinajstić information content (AvgIpc) is 2.49. The first-order chi connectivity index (χ1) is 11.3. The molecule has 1 atom stereocenters. The monoisotopic (exact) mass is 337 g/mol. The minimum atomic E-state index is -0.462. The van der Waals surface area contributed by atoms with Crippen molar-refractivity contribution in [3.63, 3.8) is 0 Å². The van der Waals surface area contributed by atoms with Crippen LogP contribution in [0.15, 0.2) is 30.3 Å². The van der Waals surface area contributed by atoms with E-state index in [9.17, 15) is 4.79 Å². The molecule has 0 aromatic heterocycles. The zero-order chi connectivity index (χ0) is 18.0. The van der Waals surface area contributed by atoms with Crippen LogP contribution in [-0.2, 0) is 9.47 Å². The smallest absolute Gasteiger partial charge is 0.410 e. The largest absolute Gasteiger partial charge is 0.491 e. The maximum Gasteiger partial charge on any atom is 0.410 e. The Morgan fingerprint density at radius 2 is 1.83 bits per heavy atom. The molecular weight excluding hydrogens is 306 g/mol. The molecule has 0 heterocycles. The molecule has 5 nitrogen and oxygen atoms in total. The van der Waals surface area contributed by atoms with Crippen molar-refractivity contribution in [2.24, 2.45) is 0 Å². The number of carbonyl (C=O) groups excluding carboxylic acids is 1. The van der Waals surface area contributed by atoms with E-state index in [2.05, 4.69) is 0 Å². The van der Waals surface area contributed by atoms with Gasteiger partial charge >= 0.3 is 6.09 Å². The van der Waals surface area contributed by atoms with E-state index < -0.39 is 5.60 Å². The maximum absolute atomic E-state index is 11.8. The summed E-state index contributed by atoms with van der Waals surface area (Å²) in [6.45, 7) is 9.49. The van der Waals surface area contributed by atoms with Gasteiger partial charge in [-0.15, -0.1) is 0 Å². The molecule has 24 heavy (non-hydrogen) atoms. The fraction of sp³-hybridized carbons (Fsp3) is 0.632. The molecule has 1 aromatic rings. The van der Waals surface area contributed by atoms with Crippen molar-refractivity contribution < 1.29 is 19.0 Å². The Bertz CT molecular complexity index is 470. The second-order valence-electron chi connectivity index (χ2n) is 6.90. The van der Waals surface area contributed by atoms with E-state index in [-0.39, 0.29) is 12.2 Å². The summed E-state index contributed by atoms with van der Waals surface area (Å²) in [5.74, 6) is 0.879. The zero-order valence-electron chi connectivity index (χ0n) is 15.6. The van der Waals surface area contributed by atoms with Gasteiger partial charge in [0.15, 0.2) is 0 Å². The van der Waals surface area contributed by atoms with E-state index in [0.717, 1.165) is 18.6 Å². The second-order valence-corrected chi connectivity index (χ2v) is 6.90. The lowest BCUT2D eigenvalue weighted by Crippen LogP contribution is -2.35. The Kier molecular flexibility index (Phi) is 8.61. The van der Waals surface area contributed by atoms with Gasteiger partial charge in [0.1, 0.15) is 11.4 Å². The summed E-state index contributed by atoms with van der Waals surface area (Å²) in [5.41, 5.74) is -0.462. The van der Waals surface area contributed by atoms with Gasteiger partial charge in [0, 0.05) is 26.6 Å². The Balaban J connectivity index is 2.06. The third-order valence-electron chi connectivity index (χ3n) is 3.24. The second kappa shape index (κ2) is 10.2. The zero-order valence-corrected chi connectivity index (χ0v) is 15.6. The number of rotatable bonds is 9. The molecule has 0 saturated heterocycles. The first-order valence-corrected chi connectivity index (χ1v) is 8.51. The summed E-state index contributed by atoms with van der Waals surface area (Å²) in [6.07, 6.45) is 1.42. The van der Waals surface area contributed by atoms with Gasteiger partial charge in [0.05, 0.1) is 12.7 Å². The van der Waals surface area contributed by atoms with Gasteiger partial charge in [-0.2, -0.15) is 0 Å². The van der Waals surface area contributed by atoms with Crippen LogP contribution in [0.4, 0.5) is 4.79 Å². The molecule has 1 unspecified atom stereocenters. The Morgan fingerprint density at radius 3 is 2.46 bits per heavy atom. The van der Waals surface area contributed by atoms with Crippen molar-refractivity contribution >= 4 is 6.09 Å². The summed E-state index contributed by atoms with van der Waals surface area (Å²) in [6, 6.07) is 9.78. The number of benzene rings is 1. The first kappa shape index (κ1) is 20.3. The SMILES string of the molecule is CC(CCOCCCN(C)C(=O)OC(C)(C)C)Oc1ccccc1. The molecule has 136 valence electrons. The number of para-hydroxylation sites is 1. The normalized spacial score (nSPS) is 12.5. The maximum atomic E-state index is 11.8. The predicted octanol–water partition coefficient (Wildman–Crippen LogP) is 4.12. The van der Waals surface area contributed by atoms with E-state index in [1.165, 1.54) is 0 Å². The number of ether oxygens (including phenoxy) is 3. The standard InChI is InChI=1S/C19H31NO4/c1-16(23-17-10-7-6-8-11-17)12-15-22-14-9-13-20(5)18(21)24-19(2,3)4/h6-8,10-11,16H,9,12-15H2,1-5H3. The van der Waals surface area contributed by atoms with Crippen LogP contribution in [0.5, 0.6) is 5.75 Å². The number of nitrogens with zero attached hydrogens (tertiary/aromatic N) is 1. The van der Waals surface area contributed by atoms with Gasteiger partial charge in [-0.3, -0.25) is 0 Å². The molecule has 0 spiro atoms. The average molecular weight is 337 g/mol. The topological polar surface area (TPSA) is 48.0 Å². The van der Waals surface area contributed by atoms with Crippen molar-refractivity contribution in [2.45, 2.75) is 52.2 Å². The van der Waals surface area contributed by atoms with Crippen LogP contribution in [0.25, 0.3) is 0 Å². The van der Waals surface area contributed by atoms with Gasteiger partial charge < -0.3 is 19.1 Å². The van der Waals surface area contributed by atoms with Crippen LogP contribution in [0, 0.1) is 0 Å². The Hall–Kier alpha value is -1.75. The molecule has 0 fully saturated rings. The molecule has 1 rings (SSSR count). The van der Waals surface area contributed by atoms with Gasteiger partial charge in [-0.25, -0.2) is 4.79 Å². The van der Waals surface area contributed by atoms with E-state index in [1.54, 1.807) is 11.9 Å². The fourth-order valence-electron chi connectivity index (χ4n) is 1.98. The molecular formula is C19H31NO4. The van der Waals surface area contributed by atoms with Crippen molar-refractivity contribution in [1.82, 2.24) is 4.90 Å². The summed E-state index contributed by atoms with van der Waals surface area (Å²) in [4.78, 5) is 13.4. The van der Waals surface area contributed by atoms with Crippen molar-refractivity contribution in [3.05, 3.63) is 30.3 Å². The molecule has 0 saturated carbocycles. The number of amides is 1. The summed E-state index contributed by atoms with van der Waals surface area (Å²) < 4.78 is 16.7. The van der Waals surface area contributed by atoms with Crippen LogP contribution in [0.2, 0.25) is 0 Å². The molecule has 5 heteroatoms. The lowest BCUT2D eigenvalue weighted by atomic mass is 10.2. The molecule has 0 N–H and O–H groups in total. The van der Waals surface area contributed by atoms with Crippen molar-refractivity contribution in [1.29, 1.82) is 0 Å². The van der Waals surface area contributed by atoms with Crippen LogP contribution in [0.1, 0.15) is 40.5 Å². The summed E-state index contributed by atoms with van der Waals surface area (Å²) in [7, 11) is 1.74. The quantitative estimate of drug-likeness (QED) is 0.636. The first-order valence-electron chi connectivity index (χ1n) is 8.51. The highest BCUT2D eigenvalue weighted by molar-refractivity contribution is 5.67. The van der Waals surface area contributed by atoms with Crippen LogP contribution in [0.3, 0.4) is 0 Å². The minimum Gasteiger partial charge on any atom is -0.491 e. The molecule has 0 aliphatic heterocycles. The van der Waals surface area contributed by atoms with E-state index in [1.807, 2.05) is 58.0 Å². The van der Waals surface area contributed by atoms with Crippen LogP contribution in [-0.4, -0.2) is 49.5 Å². The van der Waals surface area contributed by atoms with E-state index >= 15 is 0 Å². The van der Waals surface area contributed by atoms with Gasteiger partial charge in [-0.1, -0.05) is 18.2 Å². The molecule has 1 amide bonds. The van der Waals surface area contributed by atoms with E-state index in [0.29, 0.717) is 19.8 Å². The molecule has 0 bridgehead atoms. The number of carbonyl (C=O) groups is 1. The van der Waals surface area contributed by atoms with Crippen LogP contribution < -0.4 is 4.74 Å². The third-order valence-corrected chi connectivity index (χ3v) is 3.24. The number of hydrogen-bond donors (Lipinski definition) is 0. The highest BCUT2D eigenvalue weighted by Crippen LogP contribution is 2.12. The van der Waals surface area contributed by atoms with Crippen molar-refractivity contribution in [3.8, 4) is 5.75 Å². The number of hydrogen-bond acceptors (Lipinski definition) is 4. The van der Waals surface area contributed by atoms with Crippen LogP contribution >= 0.6 is 0 Å². The molecule has 1 aromatic carbocycles. The Labute approximate surface area is 145 Å². The minimum absolute atomic E-state index is 0.108. The lowest BCUT2D eigenvalue weighted by Gasteiger charge is -2.24. The highest BCUT2D eigenvalue weighted by Gasteiger charge is 2.19. The third kappa shape index (κ3) is 9.40. The van der Waals surface area contributed by atoms with Gasteiger partial charge in [0.25, 0.3) is 0 Å². The predicted molar refractivity (Wildman–Crippen MR) is 95.4 cm³/mol. The van der Waals surface area contributed by atoms with Crippen molar-refractivity contribution in [2.75, 3.05) is 26.8 Å². The lowest BCUT2D eigenvalue weighted by molar-refractivity contribution is 0.0276. The molecule has 0 aliphatic carbocycles.